The Morgan fingerprint density at radius 3 is 2.43 bits per heavy atom. The minimum Gasteiger partial charge on any atom is -0.486 e. The van der Waals surface area contributed by atoms with Crippen LogP contribution in [0, 0.1) is 0 Å². The van der Waals surface area contributed by atoms with Crippen LogP contribution in [0.1, 0.15) is 18.5 Å². The van der Waals surface area contributed by atoms with Crippen LogP contribution in [0.4, 0.5) is 5.69 Å². The summed E-state index contributed by atoms with van der Waals surface area (Å²) in [4.78, 5) is 12.5. The number of hydrogen-bond donors (Lipinski definition) is 1. The minimum atomic E-state index is -3.62. The third-order valence-corrected chi connectivity index (χ3v) is 5.92. The van der Waals surface area contributed by atoms with E-state index in [-0.39, 0.29) is 12.6 Å². The molecule has 2 aromatic carbocycles. The summed E-state index contributed by atoms with van der Waals surface area (Å²) < 4.78 is 37.3. The number of sulfonamides is 1. The molecular weight excluding hydrogens is 448 g/mol. The first-order valence-corrected chi connectivity index (χ1v) is 11.3. The van der Waals surface area contributed by atoms with Gasteiger partial charge in [-0.05, 0) is 48.9 Å². The molecule has 0 saturated carbocycles. The van der Waals surface area contributed by atoms with Crippen molar-refractivity contribution >= 4 is 37.5 Å². The molecule has 150 valence electrons. The monoisotopic (exact) mass is 468 g/mol. The number of anilines is 1. The van der Waals surface area contributed by atoms with Crippen LogP contribution < -0.4 is 19.1 Å². The van der Waals surface area contributed by atoms with Gasteiger partial charge >= 0.3 is 0 Å². The van der Waals surface area contributed by atoms with E-state index in [9.17, 15) is 13.2 Å². The maximum atomic E-state index is 12.5. The Kier molecular flexibility index (Phi) is 6.14. The molecule has 1 heterocycles. The fourth-order valence-electron chi connectivity index (χ4n) is 2.84. The van der Waals surface area contributed by atoms with Crippen molar-refractivity contribution in [2.24, 2.45) is 0 Å². The van der Waals surface area contributed by atoms with Crippen LogP contribution in [0.25, 0.3) is 0 Å². The molecule has 1 amide bonds. The second-order valence-electron chi connectivity index (χ2n) is 6.44. The van der Waals surface area contributed by atoms with E-state index in [1.807, 2.05) is 19.1 Å². The van der Waals surface area contributed by atoms with Gasteiger partial charge in [-0.15, -0.1) is 0 Å². The molecule has 0 radical (unpaired) electrons. The van der Waals surface area contributed by atoms with E-state index in [4.69, 9.17) is 9.47 Å². The van der Waals surface area contributed by atoms with E-state index in [1.165, 1.54) is 0 Å². The van der Waals surface area contributed by atoms with Gasteiger partial charge in [-0.3, -0.25) is 9.10 Å². The van der Waals surface area contributed by atoms with Crippen molar-refractivity contribution in [2.45, 2.75) is 13.0 Å². The van der Waals surface area contributed by atoms with Gasteiger partial charge in [0, 0.05) is 4.47 Å². The van der Waals surface area contributed by atoms with Crippen LogP contribution in [0.15, 0.2) is 46.9 Å². The summed E-state index contributed by atoms with van der Waals surface area (Å²) in [5.74, 6) is 0.903. The summed E-state index contributed by atoms with van der Waals surface area (Å²) in [6.45, 7) is 2.51. The highest BCUT2D eigenvalue weighted by molar-refractivity contribution is 9.10. The summed E-state index contributed by atoms with van der Waals surface area (Å²) in [6, 6.07) is 11.9. The molecule has 0 fully saturated rings. The lowest BCUT2D eigenvalue weighted by Crippen LogP contribution is -2.41. The van der Waals surface area contributed by atoms with Crippen molar-refractivity contribution in [2.75, 3.05) is 30.3 Å². The van der Waals surface area contributed by atoms with E-state index in [0.717, 1.165) is 20.6 Å². The zero-order valence-electron chi connectivity index (χ0n) is 15.5. The fraction of sp³-hybridized carbons (Fsp3) is 0.316. The zero-order valence-corrected chi connectivity index (χ0v) is 17.9. The minimum absolute atomic E-state index is 0.310. The van der Waals surface area contributed by atoms with Crippen LogP contribution in [0.5, 0.6) is 11.5 Å². The van der Waals surface area contributed by atoms with Gasteiger partial charge in [-0.1, -0.05) is 22.0 Å². The number of amides is 1. The van der Waals surface area contributed by atoms with Crippen molar-refractivity contribution in [3.8, 4) is 11.5 Å². The predicted octanol–water partition coefficient (Wildman–Crippen LogP) is 2.86. The largest absolute Gasteiger partial charge is 0.486 e. The number of hydrogen-bond acceptors (Lipinski definition) is 5. The number of halogens is 1. The number of fused-ring (bicyclic) bond motifs is 1. The quantitative estimate of drug-likeness (QED) is 0.704. The SMILES string of the molecule is C[C@H](NC(=O)CN(c1ccc(Br)cc1)S(C)(=O)=O)c1ccc2c(c1)OCCO2. The van der Waals surface area contributed by atoms with Gasteiger partial charge in [0.15, 0.2) is 11.5 Å². The lowest BCUT2D eigenvalue weighted by Gasteiger charge is -2.24. The number of nitrogens with one attached hydrogen (secondary N) is 1. The molecule has 0 bridgehead atoms. The Hall–Kier alpha value is -2.26. The highest BCUT2D eigenvalue weighted by Gasteiger charge is 2.22. The lowest BCUT2D eigenvalue weighted by molar-refractivity contribution is -0.120. The molecule has 1 aliphatic rings. The first kappa shape index (κ1) is 20.5. The van der Waals surface area contributed by atoms with Gasteiger partial charge in [0.2, 0.25) is 15.9 Å². The molecule has 0 saturated heterocycles. The smallest absolute Gasteiger partial charge is 0.241 e. The number of ether oxygens (including phenoxy) is 2. The van der Waals surface area contributed by atoms with Crippen LogP contribution in [-0.4, -0.2) is 40.3 Å². The third kappa shape index (κ3) is 4.96. The molecule has 1 N–H and O–H groups in total. The van der Waals surface area contributed by atoms with Crippen molar-refractivity contribution in [1.29, 1.82) is 0 Å². The summed E-state index contributed by atoms with van der Waals surface area (Å²) in [5.41, 5.74) is 1.26. The molecule has 0 aromatic heterocycles. The zero-order chi connectivity index (χ0) is 20.3. The van der Waals surface area contributed by atoms with Crippen LogP contribution >= 0.6 is 15.9 Å². The molecule has 2 aromatic rings. The summed E-state index contributed by atoms with van der Waals surface area (Å²) in [5, 5.41) is 2.84. The average Bonchev–Trinajstić information content (AvgIpc) is 2.65. The van der Waals surface area contributed by atoms with Crippen LogP contribution in [0.2, 0.25) is 0 Å². The first-order valence-electron chi connectivity index (χ1n) is 8.66. The highest BCUT2D eigenvalue weighted by Crippen LogP contribution is 2.32. The summed E-state index contributed by atoms with van der Waals surface area (Å²) in [6.07, 6.45) is 1.08. The van der Waals surface area contributed by atoms with Crippen molar-refractivity contribution in [1.82, 2.24) is 5.32 Å². The molecule has 9 heteroatoms. The van der Waals surface area contributed by atoms with Crippen LogP contribution in [0.3, 0.4) is 0 Å². The van der Waals surface area contributed by atoms with Gasteiger partial charge < -0.3 is 14.8 Å². The number of carbonyl (C=O) groups is 1. The highest BCUT2D eigenvalue weighted by atomic mass is 79.9. The normalized spacial score (nSPS) is 14.2. The maximum Gasteiger partial charge on any atom is 0.241 e. The molecular formula is C19H21BrN2O5S. The summed E-state index contributed by atoms with van der Waals surface area (Å²) in [7, 11) is -3.62. The fourth-order valence-corrected chi connectivity index (χ4v) is 3.96. The second kappa shape index (κ2) is 8.40. The topological polar surface area (TPSA) is 84.9 Å². The van der Waals surface area contributed by atoms with Gasteiger partial charge in [-0.2, -0.15) is 0 Å². The van der Waals surface area contributed by atoms with Gasteiger partial charge in [0.25, 0.3) is 0 Å². The third-order valence-electron chi connectivity index (χ3n) is 4.25. The standard InChI is InChI=1S/C19H21BrN2O5S/c1-13(14-3-8-17-18(11-14)27-10-9-26-17)21-19(23)12-22(28(2,24)25)16-6-4-15(20)5-7-16/h3-8,11,13H,9-10,12H2,1-2H3,(H,21,23)/t13-/m0/s1. The number of benzene rings is 2. The van der Waals surface area contributed by atoms with E-state index in [2.05, 4.69) is 21.2 Å². The first-order chi connectivity index (χ1) is 13.2. The lowest BCUT2D eigenvalue weighted by atomic mass is 10.1. The Balaban J connectivity index is 1.71. The molecule has 28 heavy (non-hydrogen) atoms. The Bertz CT molecular complexity index is 963. The molecule has 7 nitrogen and oxygen atoms in total. The van der Waals surface area contributed by atoms with Crippen molar-refractivity contribution in [3.05, 3.63) is 52.5 Å². The van der Waals surface area contributed by atoms with Gasteiger partial charge in [0.05, 0.1) is 18.0 Å². The van der Waals surface area contributed by atoms with E-state index >= 15 is 0 Å². The Labute approximate surface area is 172 Å². The average molecular weight is 469 g/mol. The van der Waals surface area contributed by atoms with Crippen LogP contribution in [-0.2, 0) is 14.8 Å². The van der Waals surface area contributed by atoms with Gasteiger partial charge in [-0.25, -0.2) is 8.42 Å². The summed E-state index contributed by atoms with van der Waals surface area (Å²) >= 11 is 3.31. The Morgan fingerprint density at radius 2 is 1.79 bits per heavy atom. The molecule has 0 spiro atoms. The number of carbonyl (C=O) groups excluding carboxylic acids is 1. The molecule has 0 aliphatic carbocycles. The van der Waals surface area contributed by atoms with Crippen molar-refractivity contribution in [3.63, 3.8) is 0 Å². The molecule has 3 rings (SSSR count). The molecule has 0 unspecified atom stereocenters. The molecule has 1 aliphatic heterocycles. The number of rotatable bonds is 6. The van der Waals surface area contributed by atoms with E-state index in [0.29, 0.717) is 30.4 Å². The molecule has 1 atom stereocenters. The number of nitrogens with zero attached hydrogens (tertiary/aromatic N) is 1. The van der Waals surface area contributed by atoms with Crippen molar-refractivity contribution < 1.29 is 22.7 Å². The predicted molar refractivity (Wildman–Crippen MR) is 110 cm³/mol. The van der Waals surface area contributed by atoms with E-state index < -0.39 is 15.9 Å². The van der Waals surface area contributed by atoms with E-state index in [1.54, 1.807) is 30.3 Å². The second-order valence-corrected chi connectivity index (χ2v) is 9.26. The Morgan fingerprint density at radius 1 is 1.14 bits per heavy atom. The van der Waals surface area contributed by atoms with Gasteiger partial charge in [0.1, 0.15) is 19.8 Å². The maximum absolute atomic E-state index is 12.5.